The van der Waals surface area contributed by atoms with Crippen LogP contribution in [0.3, 0.4) is 0 Å². The van der Waals surface area contributed by atoms with Crippen molar-refractivity contribution in [2.75, 3.05) is 38.2 Å². The molecule has 2 unspecified atom stereocenters. The molecule has 1 saturated carbocycles. The highest BCUT2D eigenvalue weighted by atomic mass is 16.5. The first kappa shape index (κ1) is 14.7. The summed E-state index contributed by atoms with van der Waals surface area (Å²) in [7, 11) is 1.73. The molecular weight excluding hydrogens is 264 g/mol. The van der Waals surface area contributed by atoms with Crippen molar-refractivity contribution in [2.24, 2.45) is 0 Å². The van der Waals surface area contributed by atoms with Gasteiger partial charge in [0.2, 0.25) is 0 Å². The van der Waals surface area contributed by atoms with Gasteiger partial charge in [0.05, 0.1) is 18.9 Å². The minimum absolute atomic E-state index is 0.0870. The summed E-state index contributed by atoms with van der Waals surface area (Å²) in [5, 5.41) is 9.85. The van der Waals surface area contributed by atoms with E-state index in [0.717, 1.165) is 44.8 Å². The number of ether oxygens (including phenoxy) is 1. The Labute approximate surface area is 127 Å². The third-order valence-electron chi connectivity index (χ3n) is 4.88. The molecule has 4 nitrogen and oxygen atoms in total. The molecule has 116 valence electrons. The fourth-order valence-corrected chi connectivity index (χ4v) is 3.69. The number of hydrogen-bond donors (Lipinski definition) is 1. The van der Waals surface area contributed by atoms with Crippen molar-refractivity contribution in [3.8, 4) is 5.75 Å². The molecule has 4 heteroatoms. The Bertz CT molecular complexity index is 458. The Morgan fingerprint density at radius 3 is 2.57 bits per heavy atom. The molecule has 1 N–H and O–H groups in total. The smallest absolute Gasteiger partial charge is 0.142 e. The van der Waals surface area contributed by atoms with Gasteiger partial charge in [0.1, 0.15) is 5.75 Å². The van der Waals surface area contributed by atoms with E-state index in [0.29, 0.717) is 6.04 Å². The first-order valence-electron chi connectivity index (χ1n) is 8.08. The van der Waals surface area contributed by atoms with Gasteiger partial charge in [0, 0.05) is 32.2 Å². The second-order valence-corrected chi connectivity index (χ2v) is 6.17. The summed E-state index contributed by atoms with van der Waals surface area (Å²) in [6.45, 7) is 4.23. The Balaban J connectivity index is 1.60. The molecular formula is C17H26N2O2. The SMILES string of the molecule is COc1ccccc1N1CCN(C2CCCC(O)C2)CC1. The second-order valence-electron chi connectivity index (χ2n) is 6.17. The van der Waals surface area contributed by atoms with E-state index in [1.807, 2.05) is 12.1 Å². The van der Waals surface area contributed by atoms with Crippen molar-refractivity contribution in [2.45, 2.75) is 37.8 Å². The van der Waals surface area contributed by atoms with Crippen LogP contribution in [-0.2, 0) is 0 Å². The van der Waals surface area contributed by atoms with Crippen LogP contribution in [0.5, 0.6) is 5.75 Å². The molecule has 1 saturated heterocycles. The maximum atomic E-state index is 9.85. The van der Waals surface area contributed by atoms with Gasteiger partial charge in [0.25, 0.3) is 0 Å². The van der Waals surface area contributed by atoms with Crippen LogP contribution in [0, 0.1) is 0 Å². The summed E-state index contributed by atoms with van der Waals surface area (Å²) in [5.41, 5.74) is 1.20. The van der Waals surface area contributed by atoms with Crippen molar-refractivity contribution in [3.63, 3.8) is 0 Å². The van der Waals surface area contributed by atoms with Crippen LogP contribution in [0.15, 0.2) is 24.3 Å². The van der Waals surface area contributed by atoms with Gasteiger partial charge in [-0.05, 0) is 37.8 Å². The predicted octanol–water partition coefficient (Wildman–Crippen LogP) is 2.12. The van der Waals surface area contributed by atoms with Crippen molar-refractivity contribution in [3.05, 3.63) is 24.3 Å². The Morgan fingerprint density at radius 1 is 1.10 bits per heavy atom. The molecule has 1 aliphatic carbocycles. The van der Waals surface area contributed by atoms with Gasteiger partial charge < -0.3 is 14.7 Å². The van der Waals surface area contributed by atoms with Crippen LogP contribution in [0.1, 0.15) is 25.7 Å². The van der Waals surface area contributed by atoms with Crippen LogP contribution in [0.25, 0.3) is 0 Å². The molecule has 21 heavy (non-hydrogen) atoms. The molecule has 1 aliphatic heterocycles. The van der Waals surface area contributed by atoms with Gasteiger partial charge >= 0.3 is 0 Å². The predicted molar refractivity (Wildman–Crippen MR) is 85.0 cm³/mol. The van der Waals surface area contributed by atoms with Crippen LogP contribution in [0.4, 0.5) is 5.69 Å². The monoisotopic (exact) mass is 290 g/mol. The topological polar surface area (TPSA) is 35.9 Å². The number of methoxy groups -OCH3 is 1. The lowest BCUT2D eigenvalue weighted by atomic mass is 9.91. The second kappa shape index (κ2) is 6.67. The number of piperazine rings is 1. The highest BCUT2D eigenvalue weighted by Crippen LogP contribution is 2.30. The van der Waals surface area contributed by atoms with E-state index >= 15 is 0 Å². The molecule has 1 aromatic carbocycles. The average Bonchev–Trinajstić information content (AvgIpc) is 2.55. The number of para-hydroxylation sites is 2. The van der Waals surface area contributed by atoms with E-state index < -0.39 is 0 Å². The summed E-state index contributed by atoms with van der Waals surface area (Å²) in [6, 6.07) is 8.83. The zero-order valence-electron chi connectivity index (χ0n) is 12.9. The first-order valence-corrected chi connectivity index (χ1v) is 8.08. The van der Waals surface area contributed by atoms with Crippen LogP contribution in [0.2, 0.25) is 0 Å². The van der Waals surface area contributed by atoms with E-state index in [-0.39, 0.29) is 6.10 Å². The molecule has 0 radical (unpaired) electrons. The molecule has 0 bridgehead atoms. The van der Waals surface area contributed by atoms with Crippen molar-refractivity contribution >= 4 is 5.69 Å². The Morgan fingerprint density at radius 2 is 1.86 bits per heavy atom. The number of anilines is 1. The number of rotatable bonds is 3. The lowest BCUT2D eigenvalue weighted by Crippen LogP contribution is -2.52. The van der Waals surface area contributed by atoms with E-state index in [4.69, 9.17) is 4.74 Å². The number of aliphatic hydroxyl groups excluding tert-OH is 1. The van der Waals surface area contributed by atoms with Gasteiger partial charge in [-0.3, -0.25) is 4.90 Å². The molecule has 3 rings (SSSR count). The van der Waals surface area contributed by atoms with Gasteiger partial charge in [-0.25, -0.2) is 0 Å². The van der Waals surface area contributed by atoms with E-state index in [9.17, 15) is 5.11 Å². The summed E-state index contributed by atoms with van der Waals surface area (Å²) in [4.78, 5) is 4.98. The molecule has 2 fully saturated rings. The quantitative estimate of drug-likeness (QED) is 0.925. The lowest BCUT2D eigenvalue weighted by Gasteiger charge is -2.42. The summed E-state index contributed by atoms with van der Waals surface area (Å²) in [6.07, 6.45) is 4.26. The fourth-order valence-electron chi connectivity index (χ4n) is 3.69. The standard InChI is InChI=1S/C17H26N2O2/c1-21-17-8-3-2-7-16(17)19-11-9-18(10-12-19)14-5-4-6-15(20)13-14/h2-3,7-8,14-15,20H,4-6,9-13H2,1H3. The normalized spacial score (nSPS) is 27.6. The molecule has 0 spiro atoms. The van der Waals surface area contributed by atoms with Gasteiger partial charge in [-0.2, -0.15) is 0 Å². The van der Waals surface area contributed by atoms with Crippen molar-refractivity contribution in [1.29, 1.82) is 0 Å². The van der Waals surface area contributed by atoms with Gasteiger partial charge in [-0.1, -0.05) is 12.1 Å². The minimum Gasteiger partial charge on any atom is -0.495 e. The minimum atomic E-state index is -0.0870. The molecule has 1 heterocycles. The Hall–Kier alpha value is -1.26. The maximum absolute atomic E-state index is 9.85. The first-order chi connectivity index (χ1) is 10.3. The largest absolute Gasteiger partial charge is 0.495 e. The lowest BCUT2D eigenvalue weighted by molar-refractivity contribution is 0.0591. The Kier molecular flexibility index (Phi) is 4.66. The fraction of sp³-hybridized carbons (Fsp3) is 0.647. The molecule has 2 aliphatic rings. The zero-order valence-corrected chi connectivity index (χ0v) is 12.9. The van der Waals surface area contributed by atoms with Crippen LogP contribution in [-0.4, -0.2) is 55.4 Å². The number of benzene rings is 1. The van der Waals surface area contributed by atoms with Gasteiger partial charge in [0.15, 0.2) is 0 Å². The highest BCUT2D eigenvalue weighted by Gasteiger charge is 2.28. The van der Waals surface area contributed by atoms with E-state index in [1.165, 1.54) is 18.5 Å². The zero-order chi connectivity index (χ0) is 14.7. The average molecular weight is 290 g/mol. The third-order valence-corrected chi connectivity index (χ3v) is 4.88. The molecule has 0 amide bonds. The number of nitrogens with zero attached hydrogens (tertiary/aromatic N) is 2. The van der Waals surface area contributed by atoms with Gasteiger partial charge in [-0.15, -0.1) is 0 Å². The maximum Gasteiger partial charge on any atom is 0.142 e. The summed E-state index contributed by atoms with van der Waals surface area (Å²) >= 11 is 0. The molecule has 1 aromatic rings. The highest BCUT2D eigenvalue weighted by molar-refractivity contribution is 5.58. The van der Waals surface area contributed by atoms with E-state index in [2.05, 4.69) is 21.9 Å². The van der Waals surface area contributed by atoms with Crippen molar-refractivity contribution in [1.82, 2.24) is 4.90 Å². The van der Waals surface area contributed by atoms with Crippen LogP contribution < -0.4 is 9.64 Å². The summed E-state index contributed by atoms with van der Waals surface area (Å²) in [5.74, 6) is 0.957. The number of aliphatic hydroxyl groups is 1. The van der Waals surface area contributed by atoms with Crippen LogP contribution >= 0.6 is 0 Å². The number of hydrogen-bond acceptors (Lipinski definition) is 4. The van der Waals surface area contributed by atoms with E-state index in [1.54, 1.807) is 7.11 Å². The summed E-state index contributed by atoms with van der Waals surface area (Å²) < 4.78 is 5.47. The third kappa shape index (κ3) is 3.33. The molecule has 0 aromatic heterocycles. The van der Waals surface area contributed by atoms with Crippen molar-refractivity contribution < 1.29 is 9.84 Å². The molecule has 2 atom stereocenters.